The molecule has 2 aromatic carbocycles. The highest BCUT2D eigenvalue weighted by atomic mass is 35.5. The molecule has 0 saturated carbocycles. The number of hydrogen-bond acceptors (Lipinski definition) is 6. The van der Waals surface area contributed by atoms with Crippen molar-refractivity contribution >= 4 is 23.5 Å². The topological polar surface area (TPSA) is 107 Å². The van der Waals surface area contributed by atoms with Gasteiger partial charge < -0.3 is 20.8 Å². The molecule has 4 N–H and O–H groups in total. The Kier molecular flexibility index (Phi) is 7.57. The number of nitrogens with zero attached hydrogens (tertiary/aromatic N) is 2. The second kappa shape index (κ2) is 10.3. The number of rotatable bonds is 8. The first-order chi connectivity index (χ1) is 14.9. The number of aliphatic hydroxyl groups is 2. The third kappa shape index (κ3) is 5.79. The average molecular weight is 441 g/mol. The molecule has 0 saturated heterocycles. The van der Waals surface area contributed by atoms with Crippen molar-refractivity contribution in [3.8, 4) is 11.3 Å². The fraction of sp³-hybridized carbons (Fsp3) is 0.261. The van der Waals surface area contributed by atoms with Crippen molar-refractivity contribution < 1.29 is 15.0 Å². The van der Waals surface area contributed by atoms with E-state index in [4.69, 9.17) is 11.6 Å². The monoisotopic (exact) mass is 440 g/mol. The van der Waals surface area contributed by atoms with Crippen LogP contribution in [0.25, 0.3) is 11.3 Å². The zero-order valence-electron chi connectivity index (χ0n) is 17.3. The number of hydrogen-bond donors (Lipinski definition) is 4. The molecular weight excluding hydrogens is 416 g/mol. The normalized spacial score (nSPS) is 12.8. The van der Waals surface area contributed by atoms with Gasteiger partial charge in [-0.3, -0.25) is 4.79 Å². The molecule has 3 rings (SSSR count). The van der Waals surface area contributed by atoms with Crippen LogP contribution in [0.15, 0.2) is 54.7 Å². The van der Waals surface area contributed by atoms with Gasteiger partial charge in [-0.25, -0.2) is 9.97 Å². The molecular formula is C23H25ClN4O3. The van der Waals surface area contributed by atoms with E-state index in [1.54, 1.807) is 42.6 Å². The second-order valence-electron chi connectivity index (χ2n) is 7.29. The third-order valence-electron chi connectivity index (χ3n) is 4.78. The van der Waals surface area contributed by atoms with Crippen LogP contribution in [0.3, 0.4) is 0 Å². The first-order valence-corrected chi connectivity index (χ1v) is 10.3. The minimum absolute atomic E-state index is 0.0274. The lowest BCUT2D eigenvalue weighted by atomic mass is 10.0. The van der Waals surface area contributed by atoms with Gasteiger partial charge in [0.2, 0.25) is 5.95 Å². The van der Waals surface area contributed by atoms with Gasteiger partial charge in [0, 0.05) is 28.4 Å². The number of aryl methyl sites for hydroxylation is 1. The van der Waals surface area contributed by atoms with Crippen LogP contribution < -0.4 is 10.6 Å². The number of halogens is 1. The molecule has 0 aliphatic heterocycles. The fourth-order valence-corrected chi connectivity index (χ4v) is 3.25. The van der Waals surface area contributed by atoms with Gasteiger partial charge in [0.1, 0.15) is 0 Å². The van der Waals surface area contributed by atoms with Gasteiger partial charge in [-0.2, -0.15) is 0 Å². The summed E-state index contributed by atoms with van der Waals surface area (Å²) in [6.45, 7) is 3.47. The molecule has 1 aromatic heterocycles. The summed E-state index contributed by atoms with van der Waals surface area (Å²) >= 11 is 6.01. The van der Waals surface area contributed by atoms with Crippen LogP contribution in [0.1, 0.15) is 34.5 Å². The summed E-state index contributed by atoms with van der Waals surface area (Å²) in [5.74, 6) is 0.125. The second-order valence-corrected chi connectivity index (χ2v) is 7.73. The predicted octanol–water partition coefficient (Wildman–Crippen LogP) is 3.36. The molecule has 2 unspecified atom stereocenters. The Morgan fingerprint density at radius 1 is 1.13 bits per heavy atom. The third-order valence-corrected chi connectivity index (χ3v) is 5.02. The molecule has 162 valence electrons. The summed E-state index contributed by atoms with van der Waals surface area (Å²) in [5.41, 5.74) is 3.66. The van der Waals surface area contributed by atoms with Gasteiger partial charge >= 0.3 is 0 Å². The molecule has 1 amide bonds. The molecule has 31 heavy (non-hydrogen) atoms. The van der Waals surface area contributed by atoms with E-state index in [1.807, 2.05) is 26.0 Å². The van der Waals surface area contributed by atoms with Gasteiger partial charge in [0.25, 0.3) is 5.91 Å². The zero-order chi connectivity index (χ0) is 22.4. The summed E-state index contributed by atoms with van der Waals surface area (Å²) in [4.78, 5) is 21.5. The van der Waals surface area contributed by atoms with E-state index < -0.39 is 6.04 Å². The Labute approximate surface area is 186 Å². The van der Waals surface area contributed by atoms with E-state index in [0.717, 1.165) is 22.4 Å². The minimum atomic E-state index is -0.558. The summed E-state index contributed by atoms with van der Waals surface area (Å²) in [7, 11) is 0. The van der Waals surface area contributed by atoms with Crippen molar-refractivity contribution in [2.75, 3.05) is 18.5 Å². The highest BCUT2D eigenvalue weighted by Crippen LogP contribution is 2.23. The van der Waals surface area contributed by atoms with E-state index in [9.17, 15) is 15.0 Å². The van der Waals surface area contributed by atoms with Crippen LogP contribution in [0.4, 0.5) is 5.95 Å². The lowest BCUT2D eigenvalue weighted by Crippen LogP contribution is -2.30. The highest BCUT2D eigenvalue weighted by molar-refractivity contribution is 6.30. The smallest absolute Gasteiger partial charge is 0.251 e. The van der Waals surface area contributed by atoms with E-state index in [2.05, 4.69) is 20.6 Å². The SMILES string of the molecule is Cc1cnc(NC(C)CO)nc1-c1ccc(C(=O)NC(CO)c2cccc(Cl)c2)cc1. The van der Waals surface area contributed by atoms with Crippen LogP contribution in [0.5, 0.6) is 0 Å². The van der Waals surface area contributed by atoms with Crippen LogP contribution in [-0.2, 0) is 0 Å². The van der Waals surface area contributed by atoms with Crippen molar-refractivity contribution in [1.29, 1.82) is 0 Å². The summed E-state index contributed by atoms with van der Waals surface area (Å²) in [6, 6.07) is 13.4. The summed E-state index contributed by atoms with van der Waals surface area (Å²) < 4.78 is 0. The fourth-order valence-electron chi connectivity index (χ4n) is 3.05. The van der Waals surface area contributed by atoms with Crippen molar-refractivity contribution in [2.45, 2.75) is 25.9 Å². The van der Waals surface area contributed by atoms with E-state index in [1.165, 1.54) is 0 Å². The maximum Gasteiger partial charge on any atom is 0.251 e. The number of nitrogens with one attached hydrogen (secondary N) is 2. The molecule has 1 heterocycles. The van der Waals surface area contributed by atoms with Gasteiger partial charge in [-0.15, -0.1) is 0 Å². The van der Waals surface area contributed by atoms with Crippen molar-refractivity contribution in [1.82, 2.24) is 15.3 Å². The van der Waals surface area contributed by atoms with Gasteiger partial charge in [-0.1, -0.05) is 35.9 Å². The molecule has 0 fully saturated rings. The number of carbonyl (C=O) groups is 1. The van der Waals surface area contributed by atoms with Crippen molar-refractivity contribution in [2.24, 2.45) is 0 Å². The molecule has 0 bridgehead atoms. The Morgan fingerprint density at radius 3 is 2.52 bits per heavy atom. The van der Waals surface area contributed by atoms with Crippen LogP contribution in [-0.4, -0.2) is 45.3 Å². The Balaban J connectivity index is 1.76. The average Bonchev–Trinajstić information content (AvgIpc) is 2.78. The largest absolute Gasteiger partial charge is 0.394 e. The predicted molar refractivity (Wildman–Crippen MR) is 121 cm³/mol. The molecule has 0 radical (unpaired) electrons. The quantitative estimate of drug-likeness (QED) is 0.428. The molecule has 7 nitrogen and oxygen atoms in total. The van der Waals surface area contributed by atoms with Crippen LogP contribution >= 0.6 is 11.6 Å². The van der Waals surface area contributed by atoms with E-state index in [-0.39, 0.29) is 25.2 Å². The maximum absolute atomic E-state index is 12.7. The molecule has 8 heteroatoms. The van der Waals surface area contributed by atoms with E-state index >= 15 is 0 Å². The Morgan fingerprint density at radius 2 is 1.87 bits per heavy atom. The van der Waals surface area contributed by atoms with E-state index in [0.29, 0.717) is 16.5 Å². The van der Waals surface area contributed by atoms with Gasteiger partial charge in [-0.05, 0) is 49.2 Å². The molecule has 2 atom stereocenters. The number of carbonyl (C=O) groups excluding carboxylic acids is 1. The van der Waals surface area contributed by atoms with Crippen molar-refractivity contribution in [3.05, 3.63) is 76.4 Å². The summed E-state index contributed by atoms with van der Waals surface area (Å²) in [5, 5.41) is 25.3. The Bertz CT molecular complexity index is 1040. The maximum atomic E-state index is 12.7. The minimum Gasteiger partial charge on any atom is -0.394 e. The zero-order valence-corrected chi connectivity index (χ0v) is 18.1. The summed E-state index contributed by atoms with van der Waals surface area (Å²) in [6.07, 6.45) is 1.71. The van der Waals surface area contributed by atoms with Crippen LogP contribution in [0.2, 0.25) is 5.02 Å². The number of aromatic nitrogens is 2. The molecule has 0 aliphatic carbocycles. The molecule has 0 spiro atoms. The number of amides is 1. The highest BCUT2D eigenvalue weighted by Gasteiger charge is 2.16. The first-order valence-electron chi connectivity index (χ1n) is 9.90. The first kappa shape index (κ1) is 22.7. The van der Waals surface area contributed by atoms with Crippen LogP contribution in [0, 0.1) is 6.92 Å². The standard InChI is InChI=1S/C23H25ClN4O3/c1-14-11-25-23(26-15(2)12-29)28-21(14)16-6-8-17(9-7-16)22(31)27-20(13-30)18-4-3-5-19(24)10-18/h3-11,15,20,29-30H,12-13H2,1-2H3,(H,27,31)(H,25,26,28). The van der Waals surface area contributed by atoms with Crippen molar-refractivity contribution in [3.63, 3.8) is 0 Å². The lowest BCUT2D eigenvalue weighted by Gasteiger charge is -2.17. The molecule has 3 aromatic rings. The number of anilines is 1. The number of benzene rings is 2. The van der Waals surface area contributed by atoms with Gasteiger partial charge in [0.05, 0.1) is 24.9 Å². The number of aliphatic hydroxyl groups excluding tert-OH is 2. The Hall–Kier alpha value is -3.00. The molecule has 0 aliphatic rings. The lowest BCUT2D eigenvalue weighted by molar-refractivity contribution is 0.0916. The van der Waals surface area contributed by atoms with Gasteiger partial charge in [0.15, 0.2) is 0 Å².